The second-order valence-electron chi connectivity index (χ2n) is 16.6. The van der Waals surface area contributed by atoms with Gasteiger partial charge in [0.05, 0.1) is 23.0 Å². The monoisotopic (exact) mass is 749 g/mol. The average molecular weight is 750 g/mol. The van der Waals surface area contributed by atoms with E-state index in [-0.39, 0.29) is 11.3 Å². The second-order valence-corrected chi connectivity index (χ2v) is 16.6. The Morgan fingerprint density at radius 1 is 0.655 bits per heavy atom. The predicted molar refractivity (Wildman–Crippen MR) is 231 cm³/mol. The lowest BCUT2D eigenvalue weighted by atomic mass is 9.62. The van der Waals surface area contributed by atoms with Crippen LogP contribution in [0.5, 0.6) is 5.75 Å². The summed E-state index contributed by atoms with van der Waals surface area (Å²) in [6.07, 6.45) is 17.3. The Morgan fingerprint density at radius 2 is 1.45 bits per heavy atom. The molecule has 0 bridgehead atoms. The van der Waals surface area contributed by atoms with E-state index in [9.17, 15) is 5.26 Å². The lowest BCUT2D eigenvalue weighted by Gasteiger charge is -2.41. The van der Waals surface area contributed by atoms with Crippen LogP contribution in [-0.4, -0.2) is 9.97 Å². The molecule has 1 aliphatic heterocycles. The number of ether oxygens (including phenoxy) is 1. The number of hydrogen-bond acceptors (Lipinski definition) is 5. The second kappa shape index (κ2) is 12.9. The fourth-order valence-corrected chi connectivity index (χ4v) is 10.9. The van der Waals surface area contributed by atoms with Crippen molar-refractivity contribution >= 4 is 38.7 Å². The smallest absolute Gasteiger partial charge is 0.160 e. The van der Waals surface area contributed by atoms with Gasteiger partial charge in [0, 0.05) is 44.4 Å². The highest BCUT2D eigenvalue weighted by Gasteiger charge is 2.50. The number of fused-ring (bicyclic) bond motifs is 11. The van der Waals surface area contributed by atoms with Crippen LogP contribution in [0.4, 0.5) is 0 Å². The van der Waals surface area contributed by atoms with E-state index in [1.54, 1.807) is 0 Å². The van der Waals surface area contributed by atoms with Crippen molar-refractivity contribution < 1.29 is 9.15 Å². The van der Waals surface area contributed by atoms with Gasteiger partial charge in [-0.25, -0.2) is 9.97 Å². The molecule has 2 aromatic heterocycles. The number of para-hydroxylation sites is 1. The average Bonchev–Trinajstić information content (AvgIpc) is 3.94. The number of allylic oxidation sites excluding steroid dienone is 8. The van der Waals surface area contributed by atoms with E-state index >= 15 is 0 Å². The van der Waals surface area contributed by atoms with Crippen molar-refractivity contribution in [1.82, 2.24) is 9.97 Å². The summed E-state index contributed by atoms with van der Waals surface area (Å²) < 4.78 is 13.1. The third kappa shape index (κ3) is 5.01. The molecular weight excluding hydrogens is 711 g/mol. The van der Waals surface area contributed by atoms with Crippen LogP contribution in [0.1, 0.15) is 84.4 Å². The Labute approximate surface area is 337 Å². The van der Waals surface area contributed by atoms with E-state index < -0.39 is 0 Å². The Bertz CT molecular complexity index is 3040. The Hall–Kier alpha value is -6.77. The lowest BCUT2D eigenvalue weighted by molar-refractivity contribution is 0.241. The number of hydrogen-bond donors (Lipinski definition) is 0. The van der Waals surface area contributed by atoms with Crippen molar-refractivity contribution in [2.75, 3.05) is 0 Å². The largest absolute Gasteiger partial charge is 0.460 e. The van der Waals surface area contributed by atoms with Gasteiger partial charge in [-0.05, 0) is 108 Å². The fraction of sp³-hybridized carbons (Fsp3) is 0.189. The molecule has 5 aliphatic rings. The van der Waals surface area contributed by atoms with Gasteiger partial charge in [0.1, 0.15) is 22.7 Å². The number of rotatable bonds is 4. The van der Waals surface area contributed by atoms with Crippen LogP contribution in [0.2, 0.25) is 0 Å². The topological polar surface area (TPSA) is 71.9 Å². The van der Waals surface area contributed by atoms with Gasteiger partial charge >= 0.3 is 0 Å². The van der Waals surface area contributed by atoms with Crippen molar-refractivity contribution in [3.8, 4) is 34.5 Å². The molecule has 0 radical (unpaired) electrons. The van der Waals surface area contributed by atoms with Gasteiger partial charge in [0.2, 0.25) is 0 Å². The normalized spacial score (nSPS) is 19.9. The van der Waals surface area contributed by atoms with Crippen LogP contribution < -0.4 is 4.74 Å². The number of nitrogens with zero attached hydrogens (tertiary/aromatic N) is 3. The first-order valence-corrected chi connectivity index (χ1v) is 20.7. The molecule has 1 fully saturated rings. The molecule has 1 saturated carbocycles. The molecule has 3 heterocycles. The number of benzene rings is 5. The third-order valence-corrected chi connectivity index (χ3v) is 13.5. The summed E-state index contributed by atoms with van der Waals surface area (Å²) in [6, 6.07) is 42.5. The molecule has 5 nitrogen and oxygen atoms in total. The van der Waals surface area contributed by atoms with E-state index in [2.05, 4.69) is 103 Å². The summed E-state index contributed by atoms with van der Waals surface area (Å²) in [4.78, 5) is 10.3. The molecule has 2 atom stereocenters. The van der Waals surface area contributed by atoms with Crippen molar-refractivity contribution in [1.29, 1.82) is 5.26 Å². The summed E-state index contributed by atoms with van der Waals surface area (Å²) in [5.74, 6) is 3.03. The minimum atomic E-state index is 0.0770. The molecule has 0 amide bonds. The van der Waals surface area contributed by atoms with Crippen molar-refractivity contribution in [3.05, 3.63) is 179 Å². The maximum absolute atomic E-state index is 9.90. The quantitative estimate of drug-likeness (QED) is 0.179. The highest BCUT2D eigenvalue weighted by Crippen LogP contribution is 2.61. The van der Waals surface area contributed by atoms with Crippen LogP contribution >= 0.6 is 0 Å². The summed E-state index contributed by atoms with van der Waals surface area (Å²) in [5.41, 5.74) is 15.1. The summed E-state index contributed by atoms with van der Waals surface area (Å²) in [5, 5.41) is 12.1. The van der Waals surface area contributed by atoms with Gasteiger partial charge in [0.15, 0.2) is 5.82 Å². The lowest BCUT2D eigenvalue weighted by Crippen LogP contribution is -2.34. The molecule has 4 aliphatic carbocycles. The molecule has 2 unspecified atom stereocenters. The Kier molecular flexibility index (Phi) is 7.41. The number of nitriles is 1. The SMILES string of the molecule is N#Cc1ccc2c(c1)C1(CCCCC1)C1CC=CC(c3ccc4c(c3)C3CC=CC(c5cc(-c6ccc7c(c6)oc6ccccc67)nc(-c6ccccc6)n5)=C3O4)=C21. The zero-order chi connectivity index (χ0) is 38.4. The molecule has 278 valence electrons. The highest BCUT2D eigenvalue weighted by molar-refractivity contribution is 6.06. The molecule has 7 aromatic rings. The summed E-state index contributed by atoms with van der Waals surface area (Å²) >= 11 is 0. The Morgan fingerprint density at radius 3 is 2.34 bits per heavy atom. The van der Waals surface area contributed by atoms with E-state index in [1.807, 2.05) is 42.5 Å². The maximum atomic E-state index is 9.90. The van der Waals surface area contributed by atoms with Crippen LogP contribution in [0, 0.1) is 17.2 Å². The first-order valence-electron chi connectivity index (χ1n) is 20.7. The van der Waals surface area contributed by atoms with Crippen molar-refractivity contribution in [2.45, 2.75) is 56.3 Å². The zero-order valence-corrected chi connectivity index (χ0v) is 32.0. The first kappa shape index (κ1) is 33.4. The third-order valence-electron chi connectivity index (χ3n) is 13.5. The number of aromatic nitrogens is 2. The molecule has 0 N–H and O–H groups in total. The molecule has 58 heavy (non-hydrogen) atoms. The van der Waals surface area contributed by atoms with Gasteiger partial charge in [0.25, 0.3) is 0 Å². The van der Waals surface area contributed by atoms with E-state index in [4.69, 9.17) is 19.1 Å². The minimum Gasteiger partial charge on any atom is -0.460 e. The van der Waals surface area contributed by atoms with Crippen molar-refractivity contribution in [3.63, 3.8) is 0 Å². The van der Waals surface area contributed by atoms with E-state index in [0.717, 1.165) is 79.9 Å². The van der Waals surface area contributed by atoms with Gasteiger partial charge in [-0.15, -0.1) is 0 Å². The van der Waals surface area contributed by atoms with Crippen LogP contribution in [0.15, 0.2) is 150 Å². The maximum Gasteiger partial charge on any atom is 0.160 e. The molecule has 5 heteroatoms. The standard InChI is InChI=1S/C53H39N3O2/c54-31-32-19-22-40-44(27-32)53(25-7-2-8-26-53)43-17-10-14-36(50(40)43)34-21-24-48-42(28-34)39-15-9-16-41(51(39)58-48)46-30-45(55-52(56-46)33-11-3-1-4-12-33)35-20-23-38-37-13-5-6-18-47(37)57-49(38)29-35/h1,3-6,9-14,16,18-24,27-30,39,43H,2,7-8,15,17,25-26H2. The van der Waals surface area contributed by atoms with Gasteiger partial charge in [-0.3, -0.25) is 0 Å². The molecule has 1 spiro atoms. The molecular formula is C53H39N3O2. The molecule has 5 aromatic carbocycles. The van der Waals surface area contributed by atoms with Crippen LogP contribution in [0.25, 0.3) is 61.3 Å². The highest BCUT2D eigenvalue weighted by atomic mass is 16.5. The Balaban J connectivity index is 0.966. The predicted octanol–water partition coefficient (Wildman–Crippen LogP) is 13.1. The van der Waals surface area contributed by atoms with Crippen LogP contribution in [-0.2, 0) is 5.41 Å². The number of furan rings is 1. The molecule has 0 saturated heterocycles. The summed E-state index contributed by atoms with van der Waals surface area (Å²) in [7, 11) is 0. The van der Waals surface area contributed by atoms with Gasteiger partial charge in [-0.2, -0.15) is 5.26 Å². The van der Waals surface area contributed by atoms with E-state index in [0.29, 0.717) is 11.7 Å². The van der Waals surface area contributed by atoms with Gasteiger partial charge < -0.3 is 9.15 Å². The summed E-state index contributed by atoms with van der Waals surface area (Å²) in [6.45, 7) is 0. The minimum absolute atomic E-state index is 0.0770. The van der Waals surface area contributed by atoms with Crippen LogP contribution in [0.3, 0.4) is 0 Å². The van der Waals surface area contributed by atoms with E-state index in [1.165, 1.54) is 65.5 Å². The van der Waals surface area contributed by atoms with Crippen molar-refractivity contribution in [2.24, 2.45) is 5.92 Å². The first-order chi connectivity index (χ1) is 28.6. The fourth-order valence-electron chi connectivity index (χ4n) is 10.9. The molecule has 12 rings (SSSR count). The van der Waals surface area contributed by atoms with Gasteiger partial charge in [-0.1, -0.05) is 110 Å². The zero-order valence-electron chi connectivity index (χ0n) is 32.0.